The highest BCUT2D eigenvalue weighted by Gasteiger charge is 1.93. The van der Waals surface area contributed by atoms with Crippen LogP contribution in [-0.4, -0.2) is 49.9 Å². The molecule has 118 valence electrons. The van der Waals surface area contributed by atoms with Gasteiger partial charge in [0.1, 0.15) is 0 Å². The summed E-state index contributed by atoms with van der Waals surface area (Å²) in [5, 5.41) is 16.2. The molecule has 0 bridgehead atoms. The molecule has 0 aromatic heterocycles. The largest absolute Gasteiger partial charge is 0.394 e. The summed E-state index contributed by atoms with van der Waals surface area (Å²) >= 11 is 0. The Balaban J connectivity index is 0. The van der Waals surface area contributed by atoms with E-state index >= 15 is 0 Å². The highest BCUT2D eigenvalue weighted by Crippen LogP contribution is 2.02. The Kier molecular flexibility index (Phi) is 22.4. The molecule has 4 nitrogen and oxygen atoms in total. The molecule has 0 heterocycles. The smallest absolute Gasteiger partial charge is 0.0698 e. The van der Waals surface area contributed by atoms with Crippen LogP contribution in [0.4, 0.5) is 0 Å². The van der Waals surface area contributed by atoms with Crippen molar-refractivity contribution >= 4 is 0 Å². The van der Waals surface area contributed by atoms with Crippen molar-refractivity contribution in [3.05, 3.63) is 0 Å². The first-order valence-electron chi connectivity index (χ1n) is 7.56. The Morgan fingerprint density at radius 1 is 0.789 bits per heavy atom. The Morgan fingerprint density at radius 3 is 1.84 bits per heavy atom. The Hall–Kier alpha value is -0.160. The molecular weight excluding hydrogens is 244 g/mol. The van der Waals surface area contributed by atoms with Gasteiger partial charge in [0.15, 0.2) is 0 Å². The van der Waals surface area contributed by atoms with Crippen molar-refractivity contribution in [3.8, 4) is 0 Å². The van der Waals surface area contributed by atoms with Crippen LogP contribution in [0.5, 0.6) is 0 Å². The lowest BCUT2D eigenvalue weighted by Gasteiger charge is -2.05. The van der Waals surface area contributed by atoms with Crippen LogP contribution in [0.3, 0.4) is 0 Å². The average molecular weight is 278 g/mol. The summed E-state index contributed by atoms with van der Waals surface area (Å²) in [5.74, 6) is 0.681. The minimum Gasteiger partial charge on any atom is -0.394 e. The summed E-state index contributed by atoms with van der Waals surface area (Å²) in [4.78, 5) is 0. The van der Waals surface area contributed by atoms with Crippen LogP contribution in [-0.2, 0) is 9.47 Å². The van der Waals surface area contributed by atoms with Crippen molar-refractivity contribution in [2.45, 2.75) is 52.9 Å². The SMILES string of the molecule is CCCCCCCOCC(C)C.OCCOCCO. The van der Waals surface area contributed by atoms with E-state index in [-0.39, 0.29) is 13.2 Å². The van der Waals surface area contributed by atoms with E-state index in [1.807, 2.05) is 0 Å². The third kappa shape index (κ3) is 27.2. The molecule has 4 heteroatoms. The lowest BCUT2D eigenvalue weighted by molar-refractivity contribution is 0.0650. The average Bonchev–Trinajstić information content (AvgIpc) is 2.39. The number of hydrogen-bond acceptors (Lipinski definition) is 4. The van der Waals surface area contributed by atoms with Gasteiger partial charge in [-0.1, -0.05) is 46.5 Å². The van der Waals surface area contributed by atoms with Gasteiger partial charge in [0.2, 0.25) is 0 Å². The summed E-state index contributed by atoms with van der Waals surface area (Å²) in [6, 6.07) is 0. The van der Waals surface area contributed by atoms with E-state index in [0.29, 0.717) is 19.1 Å². The van der Waals surface area contributed by atoms with Crippen molar-refractivity contribution < 1.29 is 19.7 Å². The summed E-state index contributed by atoms with van der Waals surface area (Å²) < 4.78 is 10.1. The van der Waals surface area contributed by atoms with Crippen LogP contribution in [0, 0.1) is 5.92 Å². The second kappa shape index (κ2) is 20.2. The fourth-order valence-corrected chi connectivity index (χ4v) is 1.36. The highest BCUT2D eigenvalue weighted by molar-refractivity contribution is 4.43. The van der Waals surface area contributed by atoms with Gasteiger partial charge in [-0.2, -0.15) is 0 Å². The molecule has 0 atom stereocenters. The van der Waals surface area contributed by atoms with Crippen LogP contribution in [0.15, 0.2) is 0 Å². The van der Waals surface area contributed by atoms with Gasteiger partial charge in [0.25, 0.3) is 0 Å². The van der Waals surface area contributed by atoms with Crippen molar-refractivity contribution in [1.82, 2.24) is 0 Å². The maximum atomic E-state index is 8.09. The lowest BCUT2D eigenvalue weighted by atomic mass is 10.2. The van der Waals surface area contributed by atoms with Crippen molar-refractivity contribution in [3.63, 3.8) is 0 Å². The third-order valence-electron chi connectivity index (χ3n) is 2.31. The van der Waals surface area contributed by atoms with Crippen LogP contribution in [0.25, 0.3) is 0 Å². The predicted molar refractivity (Wildman–Crippen MR) is 79.4 cm³/mol. The molecule has 0 aromatic carbocycles. The first-order chi connectivity index (χ1) is 9.18. The lowest BCUT2D eigenvalue weighted by Crippen LogP contribution is -2.03. The molecule has 19 heavy (non-hydrogen) atoms. The molecule has 0 amide bonds. The van der Waals surface area contributed by atoms with Gasteiger partial charge < -0.3 is 19.7 Å². The normalized spacial score (nSPS) is 10.4. The molecule has 0 spiro atoms. The fraction of sp³-hybridized carbons (Fsp3) is 1.00. The zero-order valence-electron chi connectivity index (χ0n) is 13.1. The topological polar surface area (TPSA) is 58.9 Å². The molecule has 0 aliphatic rings. The molecule has 0 aliphatic carbocycles. The molecule has 0 rings (SSSR count). The summed E-state index contributed by atoms with van der Waals surface area (Å²) in [5.41, 5.74) is 0. The molecule has 0 radical (unpaired) electrons. The second-order valence-corrected chi connectivity index (χ2v) is 4.94. The molecular formula is C15H34O4. The van der Waals surface area contributed by atoms with E-state index in [4.69, 9.17) is 14.9 Å². The van der Waals surface area contributed by atoms with E-state index < -0.39 is 0 Å². The van der Waals surface area contributed by atoms with Crippen molar-refractivity contribution in [2.75, 3.05) is 39.6 Å². The van der Waals surface area contributed by atoms with Gasteiger partial charge >= 0.3 is 0 Å². The number of hydrogen-bond donors (Lipinski definition) is 2. The number of unbranched alkanes of at least 4 members (excludes halogenated alkanes) is 4. The monoisotopic (exact) mass is 278 g/mol. The van der Waals surface area contributed by atoms with Crippen molar-refractivity contribution in [1.29, 1.82) is 0 Å². The molecule has 0 saturated carbocycles. The van der Waals surface area contributed by atoms with E-state index in [9.17, 15) is 0 Å². The minimum atomic E-state index is 0.0278. The van der Waals surface area contributed by atoms with Crippen LogP contribution in [0.2, 0.25) is 0 Å². The van der Waals surface area contributed by atoms with Gasteiger partial charge in [0, 0.05) is 13.2 Å². The summed E-state index contributed by atoms with van der Waals surface area (Å²) in [6.45, 7) is 9.21. The van der Waals surface area contributed by atoms with Crippen LogP contribution >= 0.6 is 0 Å². The molecule has 2 N–H and O–H groups in total. The van der Waals surface area contributed by atoms with Crippen LogP contribution in [0.1, 0.15) is 52.9 Å². The number of aliphatic hydroxyl groups excluding tert-OH is 2. The van der Waals surface area contributed by atoms with Crippen molar-refractivity contribution in [2.24, 2.45) is 5.92 Å². The minimum absolute atomic E-state index is 0.0278. The molecule has 0 saturated heterocycles. The molecule has 0 aliphatic heterocycles. The molecule has 0 unspecified atom stereocenters. The number of aliphatic hydroxyl groups is 2. The zero-order valence-corrected chi connectivity index (χ0v) is 13.1. The van der Waals surface area contributed by atoms with E-state index in [2.05, 4.69) is 25.5 Å². The number of rotatable bonds is 12. The quantitative estimate of drug-likeness (QED) is 0.539. The predicted octanol–water partition coefficient (Wildman–Crippen LogP) is 2.62. The van der Waals surface area contributed by atoms with Gasteiger partial charge in [-0.15, -0.1) is 0 Å². The maximum absolute atomic E-state index is 8.09. The van der Waals surface area contributed by atoms with Crippen LogP contribution < -0.4 is 0 Å². The molecule has 0 aromatic rings. The van der Waals surface area contributed by atoms with E-state index in [0.717, 1.165) is 13.2 Å². The summed E-state index contributed by atoms with van der Waals surface area (Å²) in [7, 11) is 0. The Labute approximate surface area is 119 Å². The first kappa shape index (κ1) is 21.1. The third-order valence-corrected chi connectivity index (χ3v) is 2.31. The van der Waals surface area contributed by atoms with Gasteiger partial charge in [-0.05, 0) is 12.3 Å². The number of ether oxygens (including phenoxy) is 2. The fourth-order valence-electron chi connectivity index (χ4n) is 1.36. The van der Waals surface area contributed by atoms with E-state index in [1.54, 1.807) is 0 Å². The first-order valence-corrected chi connectivity index (χ1v) is 7.56. The Morgan fingerprint density at radius 2 is 1.37 bits per heavy atom. The standard InChI is InChI=1S/C11H24O.C4H10O3/c1-4-5-6-7-8-9-12-10-11(2)3;5-1-3-7-4-2-6/h11H,4-10H2,1-3H3;5-6H,1-4H2. The second-order valence-electron chi connectivity index (χ2n) is 4.94. The van der Waals surface area contributed by atoms with Gasteiger partial charge in [0.05, 0.1) is 26.4 Å². The highest BCUT2D eigenvalue weighted by atomic mass is 16.5. The van der Waals surface area contributed by atoms with Gasteiger partial charge in [-0.3, -0.25) is 0 Å². The van der Waals surface area contributed by atoms with Gasteiger partial charge in [-0.25, -0.2) is 0 Å². The summed E-state index contributed by atoms with van der Waals surface area (Å²) in [6.07, 6.45) is 6.66. The zero-order chi connectivity index (χ0) is 14.8. The van der Waals surface area contributed by atoms with E-state index in [1.165, 1.54) is 32.1 Å². The maximum Gasteiger partial charge on any atom is 0.0698 e. The molecule has 0 fully saturated rings. The Bertz CT molecular complexity index is 136.